The van der Waals surface area contributed by atoms with E-state index in [1.807, 2.05) is 0 Å². The first-order valence-electron chi connectivity index (χ1n) is 5.58. The normalized spacial score (nSPS) is 29.0. The fourth-order valence-corrected chi connectivity index (χ4v) is 3.15. The van der Waals surface area contributed by atoms with E-state index in [0.29, 0.717) is 0 Å². The zero-order valence-electron chi connectivity index (χ0n) is 14.1. The number of ether oxygens (including phenoxy) is 1. The predicted molar refractivity (Wildman–Crippen MR) is 63.7 cm³/mol. The second-order valence-corrected chi connectivity index (χ2v) is 7.52. The molecule has 0 aromatic rings. The molecule has 1 saturated heterocycles. The topological polar surface area (TPSA) is 252 Å². The molecule has 1 heterocycles. The zero-order chi connectivity index (χ0) is 18.9. The van der Waals surface area contributed by atoms with Crippen LogP contribution in [0.3, 0.4) is 0 Å². The van der Waals surface area contributed by atoms with E-state index in [2.05, 4.69) is 13.1 Å². The summed E-state index contributed by atoms with van der Waals surface area (Å²) in [5.41, 5.74) is 0. The summed E-state index contributed by atoms with van der Waals surface area (Å²) in [7, 11) is -16.2. The predicted octanol–water partition coefficient (Wildman–Crippen LogP) is -14.2. The Labute approximate surface area is 221 Å². The van der Waals surface area contributed by atoms with Crippen LogP contribution in [0.15, 0.2) is 0 Å². The number of aliphatic hydroxyl groups is 2. The first kappa shape index (κ1) is 34.1. The summed E-state index contributed by atoms with van der Waals surface area (Å²) in [5.74, 6) is 0. The van der Waals surface area contributed by atoms with Crippen molar-refractivity contribution < 1.29 is 151 Å². The van der Waals surface area contributed by atoms with Crippen LogP contribution in [0.25, 0.3) is 0 Å². The van der Waals surface area contributed by atoms with E-state index >= 15 is 0 Å². The van der Waals surface area contributed by atoms with Gasteiger partial charge < -0.3 is 28.6 Å². The number of nitrogens with one attached hydrogen (secondary N) is 1. The summed E-state index contributed by atoms with van der Waals surface area (Å²) < 4.78 is 108. The van der Waals surface area contributed by atoms with Gasteiger partial charge in [-0.3, -0.25) is 8.37 Å². The molecular formula is C6H10NNa3O14S3. The van der Waals surface area contributed by atoms with Gasteiger partial charge in [-0.1, -0.05) is 0 Å². The van der Waals surface area contributed by atoms with Crippen molar-refractivity contribution in [3.8, 4) is 0 Å². The standard InChI is InChI=1S/C6H13NO14S3.3Na/c8-4-2(1-19-23(13,14)15)20-6(9)3(7-22(10,11)12)5(4)21-24(16,17)18;;;/h2-9H,1H2,(H,10,11,12)(H,13,14,15)(H,16,17,18);;;/q;3*+1/p-3. The molecule has 5 unspecified atom stereocenters. The van der Waals surface area contributed by atoms with Gasteiger partial charge in [-0.15, -0.1) is 0 Å². The Bertz CT molecular complexity index is 755. The van der Waals surface area contributed by atoms with Crippen molar-refractivity contribution in [1.29, 1.82) is 0 Å². The van der Waals surface area contributed by atoms with Gasteiger partial charge in [0.25, 0.3) is 0 Å². The van der Waals surface area contributed by atoms with Crippen molar-refractivity contribution in [2.75, 3.05) is 6.61 Å². The van der Waals surface area contributed by atoms with Crippen LogP contribution >= 0.6 is 0 Å². The first-order chi connectivity index (χ1) is 10.6. The molecule has 1 fully saturated rings. The van der Waals surface area contributed by atoms with E-state index in [9.17, 15) is 49.1 Å². The van der Waals surface area contributed by atoms with E-state index < -0.39 is 68.4 Å². The van der Waals surface area contributed by atoms with Crippen molar-refractivity contribution in [3.05, 3.63) is 0 Å². The van der Waals surface area contributed by atoms with E-state index in [1.165, 1.54) is 0 Å². The molecule has 21 heteroatoms. The van der Waals surface area contributed by atoms with Crippen LogP contribution in [0.1, 0.15) is 0 Å². The quantitative estimate of drug-likeness (QED) is 0.172. The van der Waals surface area contributed by atoms with E-state index in [-0.39, 0.29) is 88.7 Å². The number of aliphatic hydroxyl groups excluding tert-OH is 2. The van der Waals surface area contributed by atoms with Crippen LogP contribution in [-0.2, 0) is 44.2 Å². The zero-order valence-corrected chi connectivity index (χ0v) is 22.6. The van der Waals surface area contributed by atoms with Crippen LogP contribution < -0.4 is 93.4 Å². The molecule has 15 nitrogen and oxygen atoms in total. The van der Waals surface area contributed by atoms with Crippen LogP contribution in [0.2, 0.25) is 0 Å². The van der Waals surface area contributed by atoms with Gasteiger partial charge in [0.2, 0.25) is 20.8 Å². The molecule has 0 bridgehead atoms. The third-order valence-corrected chi connectivity index (χ3v) is 4.02. The Morgan fingerprint density at radius 2 is 1.41 bits per heavy atom. The van der Waals surface area contributed by atoms with Crippen LogP contribution in [0, 0.1) is 0 Å². The van der Waals surface area contributed by atoms with Gasteiger partial charge in [-0.05, 0) is 0 Å². The summed E-state index contributed by atoms with van der Waals surface area (Å²) in [6.45, 7) is -1.24. The van der Waals surface area contributed by atoms with Gasteiger partial charge in [0.15, 0.2) is 16.6 Å². The minimum Gasteiger partial charge on any atom is -0.735 e. The van der Waals surface area contributed by atoms with Crippen LogP contribution in [0.5, 0.6) is 0 Å². The summed E-state index contributed by atoms with van der Waals surface area (Å²) >= 11 is 0. The van der Waals surface area contributed by atoms with Gasteiger partial charge in [0, 0.05) is 0 Å². The number of hydrogen-bond donors (Lipinski definition) is 3. The summed E-state index contributed by atoms with van der Waals surface area (Å²) in [4.78, 5) is 0. The maximum absolute atomic E-state index is 10.7. The second kappa shape index (κ2) is 13.1. The monoisotopic (exact) mass is 485 g/mol. The molecule has 144 valence electrons. The maximum Gasteiger partial charge on any atom is 1.00 e. The van der Waals surface area contributed by atoms with E-state index in [4.69, 9.17) is 0 Å². The molecule has 0 aromatic heterocycles. The van der Waals surface area contributed by atoms with E-state index in [1.54, 1.807) is 0 Å². The molecule has 27 heavy (non-hydrogen) atoms. The van der Waals surface area contributed by atoms with Gasteiger partial charge in [0.05, 0.1) is 6.61 Å². The van der Waals surface area contributed by atoms with Crippen LogP contribution in [0.4, 0.5) is 0 Å². The molecule has 3 N–H and O–H groups in total. The molecule has 0 radical (unpaired) electrons. The fraction of sp³-hybridized carbons (Fsp3) is 1.00. The summed E-state index contributed by atoms with van der Waals surface area (Å²) in [6, 6.07) is -2.24. The maximum atomic E-state index is 10.7. The SMILES string of the molecule is O=S(=O)([O-])NC1C(O)OC(COS(=O)(=O)[O-])C(O)C1OS(=O)(=O)[O-].[Na+].[Na+].[Na+]. The Kier molecular flexibility index (Phi) is 16.6. The van der Waals surface area contributed by atoms with Crippen molar-refractivity contribution in [1.82, 2.24) is 4.72 Å². The van der Waals surface area contributed by atoms with Crippen molar-refractivity contribution in [2.24, 2.45) is 0 Å². The Hall–Kier alpha value is 2.49. The molecule has 1 rings (SSSR count). The van der Waals surface area contributed by atoms with Crippen molar-refractivity contribution in [3.63, 3.8) is 0 Å². The van der Waals surface area contributed by atoms with Gasteiger partial charge in [-0.2, -0.15) is 0 Å². The third kappa shape index (κ3) is 13.5. The summed E-state index contributed by atoms with van der Waals surface area (Å²) in [6.07, 6.45) is -8.98. The second-order valence-electron chi connectivity index (χ2n) is 4.32. The molecule has 1 aliphatic heterocycles. The summed E-state index contributed by atoms with van der Waals surface area (Å²) in [5, 5.41) is 19.4. The largest absolute Gasteiger partial charge is 1.00 e. The number of rotatable bonds is 7. The first-order valence-corrected chi connectivity index (χ1v) is 9.65. The Balaban J connectivity index is -0.00000192. The smallest absolute Gasteiger partial charge is 0.735 e. The van der Waals surface area contributed by atoms with Gasteiger partial charge >= 0.3 is 88.7 Å². The van der Waals surface area contributed by atoms with Gasteiger partial charge in [0.1, 0.15) is 24.4 Å². The minimum absolute atomic E-state index is 0. The minimum atomic E-state index is -5.57. The number of hydrogen-bond acceptors (Lipinski definition) is 14. The van der Waals surface area contributed by atoms with Crippen LogP contribution in [-0.4, -0.2) is 86.4 Å². The average molecular weight is 485 g/mol. The third-order valence-electron chi connectivity index (χ3n) is 2.58. The molecular weight excluding hydrogens is 475 g/mol. The van der Waals surface area contributed by atoms with Crippen molar-refractivity contribution in [2.45, 2.75) is 30.6 Å². The van der Waals surface area contributed by atoms with Gasteiger partial charge in [-0.25, -0.2) is 30.0 Å². The fourth-order valence-electron chi connectivity index (χ4n) is 1.76. The Morgan fingerprint density at radius 3 is 1.78 bits per heavy atom. The average Bonchev–Trinajstić information content (AvgIpc) is 2.32. The molecule has 0 amide bonds. The molecule has 1 aliphatic rings. The molecule has 0 saturated carbocycles. The van der Waals surface area contributed by atoms with E-state index in [0.717, 1.165) is 4.72 Å². The van der Waals surface area contributed by atoms with Crippen molar-refractivity contribution >= 4 is 31.1 Å². The molecule has 5 atom stereocenters. The molecule has 0 aromatic carbocycles. The Morgan fingerprint density at radius 1 is 0.926 bits per heavy atom. The molecule has 0 aliphatic carbocycles. The molecule has 0 spiro atoms.